The van der Waals surface area contributed by atoms with E-state index in [0.29, 0.717) is 62.7 Å². The summed E-state index contributed by atoms with van der Waals surface area (Å²) in [6, 6.07) is 6.08. The lowest BCUT2D eigenvalue weighted by atomic mass is 9.87. The quantitative estimate of drug-likeness (QED) is 0.231. The molecule has 1 aromatic carbocycles. The highest BCUT2D eigenvalue weighted by molar-refractivity contribution is 5.89. The van der Waals surface area contributed by atoms with E-state index in [9.17, 15) is 24.0 Å². The van der Waals surface area contributed by atoms with Crippen LogP contribution in [0.1, 0.15) is 61.7 Å². The number of carboxylic acid groups (broad SMARTS) is 1. The molecule has 10 nitrogen and oxygen atoms in total. The zero-order valence-corrected chi connectivity index (χ0v) is 19.9. The Hall–Kier alpha value is -3.69. The van der Waals surface area contributed by atoms with Gasteiger partial charge in [0, 0.05) is 6.08 Å². The van der Waals surface area contributed by atoms with Crippen molar-refractivity contribution in [3.63, 3.8) is 0 Å². The van der Waals surface area contributed by atoms with Gasteiger partial charge in [0.15, 0.2) is 6.61 Å². The van der Waals surface area contributed by atoms with Crippen molar-refractivity contribution in [2.24, 2.45) is 11.8 Å². The van der Waals surface area contributed by atoms with Gasteiger partial charge in [0.05, 0.1) is 17.4 Å². The van der Waals surface area contributed by atoms with Crippen LogP contribution in [0.4, 0.5) is 0 Å². The molecule has 2 aliphatic carbocycles. The number of hydrogen-bond acceptors (Lipinski definition) is 9. The molecule has 0 heterocycles. The van der Waals surface area contributed by atoms with Gasteiger partial charge in [-0.2, -0.15) is 0 Å². The zero-order valence-electron chi connectivity index (χ0n) is 19.9. The van der Waals surface area contributed by atoms with E-state index < -0.39 is 36.5 Å². The first-order valence-electron chi connectivity index (χ1n) is 12.0. The van der Waals surface area contributed by atoms with Gasteiger partial charge in [-0.15, -0.1) is 0 Å². The molecule has 0 amide bonds. The summed E-state index contributed by atoms with van der Waals surface area (Å²) in [4.78, 5) is 58.7. The third kappa shape index (κ3) is 7.93. The summed E-state index contributed by atoms with van der Waals surface area (Å²) in [7, 11) is 0. The van der Waals surface area contributed by atoms with Gasteiger partial charge in [-0.3, -0.25) is 9.59 Å². The first kappa shape index (κ1) is 26.9. The molecule has 2 fully saturated rings. The molecule has 0 bridgehead atoms. The van der Waals surface area contributed by atoms with Crippen molar-refractivity contribution in [3.8, 4) is 5.75 Å². The highest BCUT2D eigenvalue weighted by atomic mass is 16.6. The smallest absolute Gasteiger partial charge is 0.344 e. The third-order valence-electron chi connectivity index (χ3n) is 6.41. The molecule has 194 valence electrons. The van der Waals surface area contributed by atoms with Crippen molar-refractivity contribution in [2.75, 3.05) is 6.61 Å². The molecule has 0 atom stereocenters. The molecule has 1 aromatic rings. The first-order chi connectivity index (χ1) is 17.2. The van der Waals surface area contributed by atoms with Gasteiger partial charge in [-0.1, -0.05) is 6.58 Å². The standard InChI is InChI=1S/C26H30O10/c1-2-22(27)33-15-23(28)34-19-11-5-17(6-12-19)25(31)36-21-13-7-18(8-14-21)26(32)35-20-9-3-16(4-10-20)24(29)30/h2,7-8,13-14,16-17,19-20H,1,3-6,9-12,15H2,(H,29,30). The number of carbonyl (C=O) groups is 5. The van der Waals surface area contributed by atoms with Crippen molar-refractivity contribution in [1.29, 1.82) is 0 Å². The highest BCUT2D eigenvalue weighted by Crippen LogP contribution is 2.29. The van der Waals surface area contributed by atoms with E-state index >= 15 is 0 Å². The maximum atomic E-state index is 12.5. The molecule has 0 aliphatic heterocycles. The van der Waals surface area contributed by atoms with Crippen LogP contribution >= 0.6 is 0 Å². The lowest BCUT2D eigenvalue weighted by Gasteiger charge is -2.27. The molecule has 0 unspecified atom stereocenters. The van der Waals surface area contributed by atoms with Crippen molar-refractivity contribution >= 4 is 29.8 Å². The number of rotatable bonds is 9. The van der Waals surface area contributed by atoms with Crippen LogP contribution in [-0.4, -0.2) is 53.8 Å². The molecule has 36 heavy (non-hydrogen) atoms. The average molecular weight is 503 g/mol. The van der Waals surface area contributed by atoms with Crippen molar-refractivity contribution in [2.45, 2.75) is 63.6 Å². The minimum absolute atomic E-state index is 0.302. The third-order valence-corrected chi connectivity index (χ3v) is 6.41. The number of carboxylic acids is 1. The van der Waals surface area contributed by atoms with Crippen LogP contribution < -0.4 is 4.74 Å². The number of esters is 4. The molecule has 2 saturated carbocycles. The van der Waals surface area contributed by atoms with E-state index in [1.165, 1.54) is 24.3 Å². The van der Waals surface area contributed by atoms with Crippen molar-refractivity contribution in [1.82, 2.24) is 0 Å². The fourth-order valence-electron chi connectivity index (χ4n) is 4.33. The predicted octanol–water partition coefficient (Wildman–Crippen LogP) is 3.22. The molecular formula is C26H30O10. The molecule has 2 aliphatic rings. The summed E-state index contributed by atoms with van der Waals surface area (Å²) in [5, 5.41) is 9.06. The lowest BCUT2D eigenvalue weighted by Crippen LogP contribution is -2.31. The summed E-state index contributed by atoms with van der Waals surface area (Å²) in [5.74, 6) is -3.49. The monoisotopic (exact) mass is 502 g/mol. The number of ether oxygens (including phenoxy) is 4. The summed E-state index contributed by atoms with van der Waals surface area (Å²) >= 11 is 0. The van der Waals surface area contributed by atoms with E-state index in [-0.39, 0.29) is 24.0 Å². The second-order valence-electron chi connectivity index (χ2n) is 8.94. The second kappa shape index (κ2) is 12.9. The van der Waals surface area contributed by atoms with Gasteiger partial charge in [0.2, 0.25) is 0 Å². The van der Waals surface area contributed by atoms with Gasteiger partial charge in [-0.05, 0) is 75.6 Å². The van der Waals surface area contributed by atoms with Crippen molar-refractivity contribution in [3.05, 3.63) is 42.5 Å². The Morgan fingerprint density at radius 2 is 1.39 bits per heavy atom. The summed E-state index contributed by atoms with van der Waals surface area (Å²) in [6.07, 6.45) is 4.24. The number of hydrogen-bond donors (Lipinski definition) is 1. The van der Waals surface area contributed by atoms with Gasteiger partial charge in [-0.25, -0.2) is 14.4 Å². The molecule has 10 heteroatoms. The van der Waals surface area contributed by atoms with E-state index in [2.05, 4.69) is 11.3 Å². The second-order valence-corrected chi connectivity index (χ2v) is 8.94. The van der Waals surface area contributed by atoms with Crippen LogP contribution in [-0.2, 0) is 33.4 Å². The number of benzene rings is 1. The van der Waals surface area contributed by atoms with Crippen LogP contribution in [0.5, 0.6) is 5.75 Å². The van der Waals surface area contributed by atoms with E-state index in [4.69, 9.17) is 19.3 Å². The summed E-state index contributed by atoms with van der Waals surface area (Å²) in [5.41, 5.74) is 0.316. The molecule has 0 saturated heterocycles. The fourth-order valence-corrected chi connectivity index (χ4v) is 4.33. The van der Waals surface area contributed by atoms with Crippen LogP contribution in [0.15, 0.2) is 36.9 Å². The van der Waals surface area contributed by atoms with Gasteiger partial charge < -0.3 is 24.1 Å². The minimum Gasteiger partial charge on any atom is -0.481 e. The summed E-state index contributed by atoms with van der Waals surface area (Å²) < 4.78 is 20.8. The Labute approximate surface area is 208 Å². The topological polar surface area (TPSA) is 143 Å². The normalized spacial score (nSPS) is 23.6. The van der Waals surface area contributed by atoms with Crippen LogP contribution in [0.2, 0.25) is 0 Å². The Kier molecular flexibility index (Phi) is 9.61. The summed E-state index contributed by atoms with van der Waals surface area (Å²) in [6.45, 7) is 2.76. The molecule has 0 aromatic heterocycles. The SMILES string of the molecule is C=CC(=O)OCC(=O)OC1CCC(C(=O)Oc2ccc(C(=O)OC3CCC(C(=O)O)CC3)cc2)CC1. The Morgan fingerprint density at radius 3 is 1.94 bits per heavy atom. The predicted molar refractivity (Wildman–Crippen MR) is 124 cm³/mol. The molecular weight excluding hydrogens is 472 g/mol. The van der Waals surface area contributed by atoms with E-state index in [0.717, 1.165) is 6.08 Å². The minimum atomic E-state index is -0.815. The fraction of sp³-hybridized carbons (Fsp3) is 0.500. The lowest BCUT2D eigenvalue weighted by molar-refractivity contribution is -0.162. The van der Waals surface area contributed by atoms with E-state index in [1.807, 2.05) is 0 Å². The maximum Gasteiger partial charge on any atom is 0.344 e. The largest absolute Gasteiger partial charge is 0.481 e. The van der Waals surface area contributed by atoms with Gasteiger partial charge in [0.25, 0.3) is 0 Å². The van der Waals surface area contributed by atoms with Crippen LogP contribution in [0.3, 0.4) is 0 Å². The number of aliphatic carboxylic acids is 1. The Morgan fingerprint density at radius 1 is 0.833 bits per heavy atom. The zero-order chi connectivity index (χ0) is 26.1. The first-order valence-corrected chi connectivity index (χ1v) is 12.0. The Balaban J connectivity index is 1.39. The highest BCUT2D eigenvalue weighted by Gasteiger charge is 2.30. The van der Waals surface area contributed by atoms with Crippen molar-refractivity contribution < 1.29 is 48.0 Å². The van der Waals surface area contributed by atoms with E-state index in [1.54, 1.807) is 0 Å². The average Bonchev–Trinajstić information content (AvgIpc) is 2.88. The van der Waals surface area contributed by atoms with Crippen LogP contribution in [0.25, 0.3) is 0 Å². The Bertz CT molecular complexity index is 967. The molecule has 3 rings (SSSR count). The molecule has 1 N–H and O–H groups in total. The maximum absolute atomic E-state index is 12.5. The van der Waals surface area contributed by atoms with Gasteiger partial charge in [0.1, 0.15) is 18.0 Å². The number of carbonyl (C=O) groups excluding carboxylic acids is 4. The molecule has 0 radical (unpaired) electrons. The molecule has 0 spiro atoms. The van der Waals surface area contributed by atoms with Crippen LogP contribution in [0, 0.1) is 11.8 Å². The van der Waals surface area contributed by atoms with Gasteiger partial charge >= 0.3 is 29.8 Å².